The lowest BCUT2D eigenvalue weighted by molar-refractivity contribution is -0.135. The minimum Gasteiger partial charge on any atom is -0.343 e. The number of hydrogen-bond donors (Lipinski definition) is 0. The maximum atomic E-state index is 12.7. The van der Waals surface area contributed by atoms with Gasteiger partial charge in [-0.15, -0.1) is 0 Å². The Morgan fingerprint density at radius 3 is 2.61 bits per heavy atom. The van der Waals surface area contributed by atoms with Gasteiger partial charge in [-0.1, -0.05) is 19.4 Å². The van der Waals surface area contributed by atoms with Gasteiger partial charge in [0.15, 0.2) is 0 Å². The van der Waals surface area contributed by atoms with Crippen LogP contribution in [0, 0.1) is 19.8 Å². The summed E-state index contributed by atoms with van der Waals surface area (Å²) in [6, 6.07) is 6.04. The van der Waals surface area contributed by atoms with Gasteiger partial charge < -0.3 is 9.80 Å². The van der Waals surface area contributed by atoms with Crippen LogP contribution in [0.3, 0.4) is 0 Å². The molecule has 0 bridgehead atoms. The molecule has 0 spiro atoms. The average molecular weight is 316 g/mol. The van der Waals surface area contributed by atoms with E-state index in [-0.39, 0.29) is 17.7 Å². The third kappa shape index (κ3) is 3.92. The highest BCUT2D eigenvalue weighted by atomic mass is 16.2. The van der Waals surface area contributed by atoms with Crippen molar-refractivity contribution < 1.29 is 9.59 Å². The van der Waals surface area contributed by atoms with Crippen LogP contribution in [0.1, 0.15) is 44.2 Å². The van der Waals surface area contributed by atoms with E-state index in [0.717, 1.165) is 25.1 Å². The first-order valence-corrected chi connectivity index (χ1v) is 8.64. The predicted octanol–water partition coefficient (Wildman–Crippen LogP) is 3.30. The summed E-state index contributed by atoms with van der Waals surface area (Å²) in [5, 5.41) is 0. The Balaban J connectivity index is 2.09. The number of benzene rings is 1. The Hall–Kier alpha value is -1.84. The number of aryl methyl sites for hydroxylation is 2. The zero-order valence-corrected chi connectivity index (χ0v) is 14.8. The zero-order valence-electron chi connectivity index (χ0n) is 14.8. The average Bonchev–Trinajstić information content (AvgIpc) is 2.92. The molecule has 1 saturated heterocycles. The SMILES string of the molecule is CCCCN(CC)C(=O)C1CC(=O)N(c2ccc(C)c(C)c2)C1. The van der Waals surface area contributed by atoms with Gasteiger partial charge in [-0.25, -0.2) is 0 Å². The van der Waals surface area contributed by atoms with Crippen molar-refractivity contribution in [2.24, 2.45) is 5.92 Å². The molecule has 2 amide bonds. The van der Waals surface area contributed by atoms with Gasteiger partial charge in [-0.05, 0) is 50.5 Å². The molecule has 4 nitrogen and oxygen atoms in total. The molecule has 2 rings (SSSR count). The lowest BCUT2D eigenvalue weighted by atomic mass is 10.1. The van der Waals surface area contributed by atoms with E-state index < -0.39 is 0 Å². The van der Waals surface area contributed by atoms with Gasteiger partial charge in [0.1, 0.15) is 0 Å². The second-order valence-corrected chi connectivity index (χ2v) is 6.45. The van der Waals surface area contributed by atoms with Crippen LogP contribution >= 0.6 is 0 Å². The van der Waals surface area contributed by atoms with Crippen molar-refractivity contribution in [1.82, 2.24) is 4.90 Å². The standard InChI is InChI=1S/C19H28N2O2/c1-5-7-10-20(6-2)19(23)16-12-18(22)21(13-16)17-9-8-14(3)15(4)11-17/h8-9,11,16H,5-7,10,12-13H2,1-4H3. The maximum absolute atomic E-state index is 12.7. The fourth-order valence-corrected chi connectivity index (χ4v) is 3.05. The highest BCUT2D eigenvalue weighted by Crippen LogP contribution is 2.27. The molecule has 0 aromatic heterocycles. The molecule has 0 aliphatic carbocycles. The van der Waals surface area contributed by atoms with Crippen molar-refractivity contribution in [3.63, 3.8) is 0 Å². The predicted molar refractivity (Wildman–Crippen MR) is 93.5 cm³/mol. The van der Waals surface area contributed by atoms with Gasteiger partial charge in [-0.2, -0.15) is 0 Å². The lowest BCUT2D eigenvalue weighted by Gasteiger charge is -2.24. The molecule has 0 saturated carbocycles. The largest absolute Gasteiger partial charge is 0.343 e. The van der Waals surface area contributed by atoms with Crippen LogP contribution in [0.25, 0.3) is 0 Å². The zero-order chi connectivity index (χ0) is 17.0. The first kappa shape index (κ1) is 17.5. The molecular weight excluding hydrogens is 288 g/mol. The molecular formula is C19H28N2O2. The summed E-state index contributed by atoms with van der Waals surface area (Å²) >= 11 is 0. The second kappa shape index (κ2) is 7.62. The van der Waals surface area contributed by atoms with Crippen molar-refractivity contribution in [3.05, 3.63) is 29.3 Å². The molecule has 0 radical (unpaired) electrons. The summed E-state index contributed by atoms with van der Waals surface area (Å²) in [5.74, 6) is -0.0281. The van der Waals surface area contributed by atoms with Crippen LogP contribution in [0.15, 0.2) is 18.2 Å². The Kier molecular flexibility index (Phi) is 5.80. The number of rotatable bonds is 6. The van der Waals surface area contributed by atoms with Gasteiger partial charge in [0.05, 0.1) is 5.92 Å². The van der Waals surface area contributed by atoms with Gasteiger partial charge in [0.25, 0.3) is 0 Å². The third-order valence-electron chi connectivity index (χ3n) is 4.75. The van der Waals surface area contributed by atoms with Crippen LogP contribution in [0.2, 0.25) is 0 Å². The number of unbranched alkanes of at least 4 members (excludes halogenated alkanes) is 1. The maximum Gasteiger partial charge on any atom is 0.228 e. The smallest absolute Gasteiger partial charge is 0.228 e. The van der Waals surface area contributed by atoms with E-state index in [1.807, 2.05) is 36.9 Å². The Morgan fingerprint density at radius 1 is 1.26 bits per heavy atom. The minimum absolute atomic E-state index is 0.0538. The van der Waals surface area contributed by atoms with Crippen molar-refractivity contribution in [1.29, 1.82) is 0 Å². The fraction of sp³-hybridized carbons (Fsp3) is 0.579. The van der Waals surface area contributed by atoms with E-state index in [1.165, 1.54) is 11.1 Å². The molecule has 1 aromatic rings. The van der Waals surface area contributed by atoms with E-state index in [4.69, 9.17) is 0 Å². The first-order valence-electron chi connectivity index (χ1n) is 8.64. The summed E-state index contributed by atoms with van der Waals surface area (Å²) in [4.78, 5) is 28.7. The topological polar surface area (TPSA) is 40.6 Å². The van der Waals surface area contributed by atoms with Crippen molar-refractivity contribution in [2.45, 2.75) is 47.0 Å². The highest BCUT2D eigenvalue weighted by Gasteiger charge is 2.36. The summed E-state index contributed by atoms with van der Waals surface area (Å²) in [5.41, 5.74) is 3.29. The molecule has 1 aromatic carbocycles. The van der Waals surface area contributed by atoms with E-state index in [2.05, 4.69) is 13.8 Å². The van der Waals surface area contributed by atoms with Crippen LogP contribution in [0.4, 0.5) is 5.69 Å². The Labute approximate surface area is 139 Å². The van der Waals surface area contributed by atoms with E-state index >= 15 is 0 Å². The van der Waals surface area contributed by atoms with E-state index in [1.54, 1.807) is 4.90 Å². The summed E-state index contributed by atoms with van der Waals surface area (Å²) in [6.45, 7) is 10.2. The Bertz CT molecular complexity index is 583. The minimum atomic E-state index is -0.207. The number of amides is 2. The lowest BCUT2D eigenvalue weighted by Crippen LogP contribution is -2.38. The molecule has 1 aliphatic heterocycles. The molecule has 4 heteroatoms. The van der Waals surface area contributed by atoms with Crippen LogP contribution in [-0.4, -0.2) is 36.3 Å². The fourth-order valence-electron chi connectivity index (χ4n) is 3.05. The molecule has 126 valence electrons. The molecule has 1 heterocycles. The molecule has 1 atom stereocenters. The normalized spacial score (nSPS) is 17.7. The second-order valence-electron chi connectivity index (χ2n) is 6.45. The number of carbonyl (C=O) groups is 2. The van der Waals surface area contributed by atoms with Crippen molar-refractivity contribution in [3.8, 4) is 0 Å². The molecule has 0 N–H and O–H groups in total. The molecule has 1 aliphatic rings. The Morgan fingerprint density at radius 2 is 2.00 bits per heavy atom. The first-order chi connectivity index (χ1) is 11.0. The number of anilines is 1. The van der Waals surface area contributed by atoms with Gasteiger partial charge >= 0.3 is 0 Å². The number of carbonyl (C=O) groups excluding carboxylic acids is 2. The third-order valence-corrected chi connectivity index (χ3v) is 4.75. The quantitative estimate of drug-likeness (QED) is 0.808. The van der Waals surface area contributed by atoms with Crippen molar-refractivity contribution >= 4 is 17.5 Å². The summed E-state index contributed by atoms with van der Waals surface area (Å²) in [6.07, 6.45) is 2.41. The van der Waals surface area contributed by atoms with Crippen LogP contribution in [-0.2, 0) is 9.59 Å². The molecule has 1 fully saturated rings. The monoisotopic (exact) mass is 316 g/mol. The van der Waals surface area contributed by atoms with Crippen LogP contribution in [0.5, 0.6) is 0 Å². The van der Waals surface area contributed by atoms with Crippen molar-refractivity contribution in [2.75, 3.05) is 24.5 Å². The van der Waals surface area contributed by atoms with Crippen LogP contribution < -0.4 is 4.90 Å². The molecule has 23 heavy (non-hydrogen) atoms. The number of nitrogens with zero attached hydrogens (tertiary/aromatic N) is 2. The van der Waals surface area contributed by atoms with Gasteiger partial charge in [0, 0.05) is 31.7 Å². The number of hydrogen-bond acceptors (Lipinski definition) is 2. The van der Waals surface area contributed by atoms with E-state index in [9.17, 15) is 9.59 Å². The highest BCUT2D eigenvalue weighted by molar-refractivity contribution is 6.00. The summed E-state index contributed by atoms with van der Waals surface area (Å²) in [7, 11) is 0. The molecule has 1 unspecified atom stereocenters. The van der Waals surface area contributed by atoms with Gasteiger partial charge in [-0.3, -0.25) is 9.59 Å². The van der Waals surface area contributed by atoms with Gasteiger partial charge in [0.2, 0.25) is 11.8 Å². The van der Waals surface area contributed by atoms with E-state index in [0.29, 0.717) is 19.5 Å². The summed E-state index contributed by atoms with van der Waals surface area (Å²) < 4.78 is 0.